The predicted molar refractivity (Wildman–Crippen MR) is 136 cm³/mol. The van der Waals surface area contributed by atoms with E-state index in [1.54, 1.807) is 0 Å². The lowest BCUT2D eigenvalue weighted by atomic mass is 9.57. The van der Waals surface area contributed by atoms with Crippen molar-refractivity contribution >= 4 is 40.5 Å². The summed E-state index contributed by atoms with van der Waals surface area (Å²) in [6.45, 7) is 0.148. The third kappa shape index (κ3) is 3.97. The molecule has 0 aromatic carbocycles. The third-order valence-electron chi connectivity index (χ3n) is 8.62. The van der Waals surface area contributed by atoms with Gasteiger partial charge in [-0.25, -0.2) is 0 Å². The van der Waals surface area contributed by atoms with Gasteiger partial charge in [-0.3, -0.25) is 33.6 Å². The van der Waals surface area contributed by atoms with E-state index in [2.05, 4.69) is 0 Å². The van der Waals surface area contributed by atoms with Gasteiger partial charge >= 0.3 is 0 Å². The normalized spacial score (nSPS) is 44.0. The van der Waals surface area contributed by atoms with E-state index in [0.717, 1.165) is 0 Å². The minimum absolute atomic E-state index is 0.404. The predicted octanol–water partition coefficient (Wildman–Crippen LogP) is -5.68. The summed E-state index contributed by atoms with van der Waals surface area (Å²) in [5.41, 5.74) is -20.5. The Morgan fingerprint density at radius 1 is 0.591 bits per heavy atom. The van der Waals surface area contributed by atoms with E-state index in [4.69, 9.17) is 14.2 Å². The molecule has 1 unspecified atom stereocenters. The molecule has 2 aliphatic rings. The summed E-state index contributed by atoms with van der Waals surface area (Å²) in [4.78, 5) is 92.1. The van der Waals surface area contributed by atoms with Crippen LogP contribution in [-0.2, 0) is 47.8 Å². The number of aliphatic hydroxyl groups excluding tert-OH is 3. The van der Waals surface area contributed by atoms with E-state index in [-0.39, 0.29) is 0 Å². The molecule has 2 fully saturated rings. The van der Waals surface area contributed by atoms with Gasteiger partial charge in [-0.2, -0.15) is 0 Å². The van der Waals surface area contributed by atoms with Gasteiger partial charge in [0, 0.05) is 13.8 Å². The summed E-state index contributed by atoms with van der Waals surface area (Å²) < 4.78 is 16.1. The molecule has 0 bridgehead atoms. The van der Waals surface area contributed by atoms with Gasteiger partial charge in [-0.1, -0.05) is 0 Å². The highest BCUT2D eigenvalue weighted by Gasteiger charge is 2.88. The summed E-state index contributed by atoms with van der Waals surface area (Å²) in [5, 5.41) is 89.4. The topological polar surface area (TPSA) is 309 Å². The van der Waals surface area contributed by atoms with Gasteiger partial charge in [0.25, 0.3) is 11.6 Å². The molecule has 2 aliphatic heterocycles. The van der Waals surface area contributed by atoms with Crippen molar-refractivity contribution in [3.8, 4) is 0 Å². The molecule has 18 nitrogen and oxygen atoms in total. The van der Waals surface area contributed by atoms with Crippen LogP contribution >= 0.6 is 0 Å². The van der Waals surface area contributed by atoms with Crippen LogP contribution in [-0.4, -0.2) is 152 Å². The Morgan fingerprint density at radius 2 is 1.05 bits per heavy atom. The summed E-state index contributed by atoms with van der Waals surface area (Å²) in [6, 6.07) is 0. The van der Waals surface area contributed by atoms with Gasteiger partial charge in [0.05, 0.1) is 13.2 Å². The van der Waals surface area contributed by atoms with E-state index in [1.807, 2.05) is 0 Å². The molecule has 2 saturated heterocycles. The van der Waals surface area contributed by atoms with Crippen LogP contribution in [0.3, 0.4) is 0 Å². The number of ketones is 7. The largest absolute Gasteiger partial charge is 0.394 e. The van der Waals surface area contributed by atoms with Crippen molar-refractivity contribution in [3.05, 3.63) is 0 Å². The van der Waals surface area contributed by atoms with Gasteiger partial charge in [0.1, 0.15) is 18.3 Å². The molecule has 0 aromatic heterocycles. The molecular weight excluding hydrogens is 600 g/mol. The van der Waals surface area contributed by atoms with E-state index in [9.17, 15) is 74.4 Å². The zero-order chi connectivity index (χ0) is 34.8. The summed E-state index contributed by atoms with van der Waals surface area (Å²) in [6.07, 6.45) is -7.86. The molecule has 2 heterocycles. The highest BCUT2D eigenvalue weighted by molar-refractivity contribution is 6.10. The fourth-order valence-electron chi connectivity index (χ4n) is 6.26. The minimum Gasteiger partial charge on any atom is -0.394 e. The molecule has 0 aromatic rings. The molecule has 0 saturated carbocycles. The molecule has 8 N–H and O–H groups in total. The smallest absolute Gasteiger partial charge is 0.271 e. The SMILES string of the molecule is CC(=O)C1(O)O[C@H](CO)[C@](O[C@]2(C(C)=O)O[C@H](CO)[C@H](O)[C@@](O)(C(C)=O)[C@]2(O)C(C)=O)(C(C)=O)[C@@](O)(C(C)=O)[C@]1(O)C(C)=O. The molecule has 0 amide bonds. The quantitative estimate of drug-likeness (QED) is 0.105. The van der Waals surface area contributed by atoms with Gasteiger partial charge in [-0.15, -0.1) is 0 Å². The minimum atomic E-state index is -4.31. The second-order valence-corrected chi connectivity index (χ2v) is 11.0. The summed E-state index contributed by atoms with van der Waals surface area (Å²) >= 11 is 0. The monoisotopic (exact) mass is 636 g/mol. The first-order valence-electron chi connectivity index (χ1n) is 13.0. The molecule has 0 aliphatic carbocycles. The van der Waals surface area contributed by atoms with Gasteiger partial charge in [0.2, 0.25) is 16.8 Å². The second-order valence-electron chi connectivity index (χ2n) is 11.0. The molecule has 248 valence electrons. The fourth-order valence-corrected chi connectivity index (χ4v) is 6.26. The zero-order valence-corrected chi connectivity index (χ0v) is 24.8. The Balaban J connectivity index is 3.36. The lowest BCUT2D eigenvalue weighted by Crippen LogP contribution is -2.94. The fraction of sp³-hybridized carbons (Fsp3) is 0.731. The van der Waals surface area contributed by atoms with Crippen LogP contribution in [0.15, 0.2) is 0 Å². The van der Waals surface area contributed by atoms with E-state index in [0.29, 0.717) is 48.5 Å². The third-order valence-corrected chi connectivity index (χ3v) is 8.62. The van der Waals surface area contributed by atoms with E-state index in [1.165, 1.54) is 0 Å². The van der Waals surface area contributed by atoms with Crippen LogP contribution < -0.4 is 0 Å². The Kier molecular flexibility index (Phi) is 9.57. The van der Waals surface area contributed by atoms with E-state index >= 15 is 0 Å². The molecule has 18 heteroatoms. The lowest BCUT2D eigenvalue weighted by Gasteiger charge is -2.65. The first kappa shape index (κ1) is 37.4. The summed E-state index contributed by atoms with van der Waals surface area (Å²) in [5.74, 6) is -20.4. The standard InChI is InChI=1S/C26H36O18/c1-10(29)20(37)19(36)17(8-27)42-26(16(7)35,22(20,38)12(3)31)44-21(11(2)30)18(9-28)43-25(41,15(6)34)24(40,14(5)33)23(21,39)13(4)32/h17-19,27-28,36-41H,8-9H2,1-7H3/t17-,18-,19+,20+,21-,22-,23+,24-,25?,26+/m1/s1. The van der Waals surface area contributed by atoms with Crippen molar-refractivity contribution in [2.45, 2.75) is 106 Å². The van der Waals surface area contributed by atoms with Crippen molar-refractivity contribution in [1.82, 2.24) is 0 Å². The first-order chi connectivity index (χ1) is 19.8. The van der Waals surface area contributed by atoms with Crippen LogP contribution in [0.1, 0.15) is 48.5 Å². The number of aliphatic hydroxyl groups is 8. The Morgan fingerprint density at radius 3 is 1.34 bits per heavy atom. The molecule has 0 spiro atoms. The maximum absolute atomic E-state index is 13.7. The highest BCUT2D eigenvalue weighted by atomic mass is 16.8. The number of carbonyl (C=O) groups is 7. The van der Waals surface area contributed by atoms with Crippen molar-refractivity contribution in [3.63, 3.8) is 0 Å². The Hall–Kier alpha value is -2.75. The Bertz CT molecular complexity index is 1310. The number of hydrogen-bond donors (Lipinski definition) is 8. The molecule has 2 rings (SSSR count). The highest BCUT2D eigenvalue weighted by Crippen LogP contribution is 2.57. The first-order valence-corrected chi connectivity index (χ1v) is 13.0. The van der Waals surface area contributed by atoms with E-state index < -0.39 is 112 Å². The maximum Gasteiger partial charge on any atom is 0.271 e. The van der Waals surface area contributed by atoms with Crippen LogP contribution in [0.2, 0.25) is 0 Å². The summed E-state index contributed by atoms with van der Waals surface area (Å²) in [7, 11) is 0. The van der Waals surface area contributed by atoms with Gasteiger partial charge < -0.3 is 55.1 Å². The average Bonchev–Trinajstić information content (AvgIpc) is 2.91. The maximum atomic E-state index is 13.7. The Labute approximate surface area is 249 Å². The second kappa shape index (κ2) is 11.2. The zero-order valence-electron chi connectivity index (χ0n) is 24.8. The molecule has 0 radical (unpaired) electrons. The lowest BCUT2D eigenvalue weighted by molar-refractivity contribution is -0.450. The van der Waals surface area contributed by atoms with Crippen molar-refractivity contribution in [2.24, 2.45) is 0 Å². The number of carbonyl (C=O) groups excluding carboxylic acids is 7. The number of rotatable bonds is 11. The number of Topliss-reactive ketones (excluding diaryl/α,β-unsaturated/α-hetero) is 7. The number of ether oxygens (including phenoxy) is 3. The van der Waals surface area contributed by atoms with Gasteiger partial charge in [0.15, 0.2) is 51.7 Å². The van der Waals surface area contributed by atoms with Crippen molar-refractivity contribution in [1.29, 1.82) is 0 Å². The van der Waals surface area contributed by atoms with Crippen LogP contribution in [0, 0.1) is 0 Å². The van der Waals surface area contributed by atoms with Crippen LogP contribution in [0.5, 0.6) is 0 Å². The van der Waals surface area contributed by atoms with Crippen LogP contribution in [0.4, 0.5) is 0 Å². The molecular formula is C26H36O18. The van der Waals surface area contributed by atoms with Crippen molar-refractivity contribution in [2.75, 3.05) is 13.2 Å². The average molecular weight is 637 g/mol. The number of hydrogen-bond acceptors (Lipinski definition) is 18. The van der Waals surface area contributed by atoms with Gasteiger partial charge in [-0.05, 0) is 34.6 Å². The van der Waals surface area contributed by atoms with Crippen molar-refractivity contribution < 1.29 is 88.6 Å². The molecule has 10 atom stereocenters. The molecule has 44 heavy (non-hydrogen) atoms. The van der Waals surface area contributed by atoms with Crippen LogP contribution in [0.25, 0.3) is 0 Å².